The zero-order chi connectivity index (χ0) is 11.6. The van der Waals surface area contributed by atoms with Crippen molar-refractivity contribution in [3.05, 3.63) is 12.4 Å². The van der Waals surface area contributed by atoms with Crippen LogP contribution in [0.2, 0.25) is 0 Å². The number of nitrogens with one attached hydrogen (secondary N) is 1. The molecule has 1 saturated carbocycles. The minimum atomic E-state index is 0.473. The summed E-state index contributed by atoms with van der Waals surface area (Å²) in [4.78, 5) is 8.24. The van der Waals surface area contributed by atoms with Gasteiger partial charge in [0, 0.05) is 6.04 Å². The molecule has 0 aromatic carbocycles. The summed E-state index contributed by atoms with van der Waals surface area (Å²) in [7, 11) is 0. The van der Waals surface area contributed by atoms with E-state index in [0.29, 0.717) is 17.3 Å². The van der Waals surface area contributed by atoms with Gasteiger partial charge < -0.3 is 11.1 Å². The van der Waals surface area contributed by atoms with E-state index in [1.165, 1.54) is 25.7 Å². The van der Waals surface area contributed by atoms with Crippen molar-refractivity contribution in [2.75, 3.05) is 11.1 Å². The van der Waals surface area contributed by atoms with Crippen molar-refractivity contribution in [2.24, 2.45) is 5.41 Å². The Balaban J connectivity index is 1.92. The van der Waals surface area contributed by atoms with Gasteiger partial charge in [0.15, 0.2) is 0 Å². The van der Waals surface area contributed by atoms with Crippen molar-refractivity contribution in [1.29, 1.82) is 0 Å². The molecule has 1 aromatic rings. The molecule has 1 aliphatic rings. The lowest BCUT2D eigenvalue weighted by Crippen LogP contribution is -2.30. The molecule has 0 radical (unpaired) electrons. The standard InChI is InChI=1S/C12H20N4/c1-12(2)5-3-9(4-6-12)15-11-8-14-7-10(13)16-11/h7-9H,3-6H2,1-2H3,(H3,13,15,16). The van der Waals surface area contributed by atoms with Crippen LogP contribution in [-0.4, -0.2) is 16.0 Å². The molecule has 88 valence electrons. The molecule has 0 aliphatic heterocycles. The van der Waals surface area contributed by atoms with Crippen LogP contribution in [-0.2, 0) is 0 Å². The summed E-state index contributed by atoms with van der Waals surface area (Å²) >= 11 is 0. The van der Waals surface area contributed by atoms with Gasteiger partial charge >= 0.3 is 0 Å². The van der Waals surface area contributed by atoms with Crippen molar-refractivity contribution in [3.8, 4) is 0 Å². The maximum Gasteiger partial charge on any atom is 0.147 e. The first kappa shape index (κ1) is 11.2. The SMILES string of the molecule is CC1(C)CCC(Nc2cncc(N)n2)CC1. The minimum absolute atomic E-state index is 0.473. The quantitative estimate of drug-likeness (QED) is 0.803. The highest BCUT2D eigenvalue weighted by molar-refractivity contribution is 5.39. The molecule has 0 saturated heterocycles. The van der Waals surface area contributed by atoms with Gasteiger partial charge in [-0.1, -0.05) is 13.8 Å². The number of hydrogen-bond donors (Lipinski definition) is 2. The van der Waals surface area contributed by atoms with Gasteiger partial charge in [-0.2, -0.15) is 0 Å². The predicted octanol–water partition coefficient (Wildman–Crippen LogP) is 2.44. The molecule has 1 aliphatic carbocycles. The van der Waals surface area contributed by atoms with E-state index in [4.69, 9.17) is 5.73 Å². The summed E-state index contributed by atoms with van der Waals surface area (Å²) in [6.07, 6.45) is 8.22. The van der Waals surface area contributed by atoms with Gasteiger partial charge in [0.2, 0.25) is 0 Å². The summed E-state index contributed by atoms with van der Waals surface area (Å²) < 4.78 is 0. The summed E-state index contributed by atoms with van der Waals surface area (Å²) in [5.41, 5.74) is 6.09. The maximum atomic E-state index is 5.59. The van der Waals surface area contributed by atoms with Gasteiger partial charge in [-0.05, 0) is 31.1 Å². The van der Waals surface area contributed by atoms with E-state index < -0.39 is 0 Å². The first-order valence-corrected chi connectivity index (χ1v) is 5.89. The molecule has 0 amide bonds. The zero-order valence-electron chi connectivity index (χ0n) is 10.0. The molecule has 2 rings (SSSR count). The van der Waals surface area contributed by atoms with Crippen LogP contribution in [0, 0.1) is 5.41 Å². The Labute approximate surface area is 96.7 Å². The third kappa shape index (κ3) is 2.84. The Bertz CT molecular complexity index is 352. The van der Waals surface area contributed by atoms with Gasteiger partial charge in [-0.15, -0.1) is 0 Å². The summed E-state index contributed by atoms with van der Waals surface area (Å²) in [6.45, 7) is 4.67. The normalized spacial score (nSPS) is 20.6. The van der Waals surface area contributed by atoms with E-state index in [1.807, 2.05) is 0 Å². The number of nitrogen functional groups attached to an aromatic ring is 1. The Morgan fingerprint density at radius 1 is 1.31 bits per heavy atom. The Kier molecular flexibility index (Phi) is 2.99. The summed E-state index contributed by atoms with van der Waals surface area (Å²) in [5.74, 6) is 1.27. The van der Waals surface area contributed by atoms with Crippen LogP contribution in [0.3, 0.4) is 0 Å². The highest BCUT2D eigenvalue weighted by Crippen LogP contribution is 2.35. The fraction of sp³-hybridized carbons (Fsp3) is 0.667. The van der Waals surface area contributed by atoms with Crippen LogP contribution >= 0.6 is 0 Å². The van der Waals surface area contributed by atoms with E-state index in [9.17, 15) is 0 Å². The van der Waals surface area contributed by atoms with Gasteiger partial charge in [0.25, 0.3) is 0 Å². The van der Waals surface area contributed by atoms with Crippen LogP contribution in [0.5, 0.6) is 0 Å². The molecule has 0 spiro atoms. The molecular formula is C12H20N4. The van der Waals surface area contributed by atoms with E-state index in [1.54, 1.807) is 12.4 Å². The molecule has 3 N–H and O–H groups in total. The van der Waals surface area contributed by atoms with Crippen LogP contribution in [0.4, 0.5) is 11.6 Å². The monoisotopic (exact) mass is 220 g/mol. The lowest BCUT2D eigenvalue weighted by molar-refractivity contribution is 0.232. The smallest absolute Gasteiger partial charge is 0.147 e. The van der Waals surface area contributed by atoms with Gasteiger partial charge in [0.05, 0.1) is 12.4 Å². The molecule has 1 fully saturated rings. The molecule has 1 aromatic heterocycles. The largest absolute Gasteiger partial charge is 0.382 e. The molecule has 0 atom stereocenters. The lowest BCUT2D eigenvalue weighted by atomic mass is 9.75. The minimum Gasteiger partial charge on any atom is -0.382 e. The number of nitrogens with zero attached hydrogens (tertiary/aromatic N) is 2. The highest BCUT2D eigenvalue weighted by atomic mass is 15.1. The van der Waals surface area contributed by atoms with E-state index in [0.717, 1.165) is 5.82 Å². The molecule has 4 heteroatoms. The number of anilines is 2. The fourth-order valence-corrected chi connectivity index (χ4v) is 2.20. The second-order valence-corrected chi connectivity index (χ2v) is 5.41. The fourth-order valence-electron chi connectivity index (χ4n) is 2.20. The van der Waals surface area contributed by atoms with Crippen molar-refractivity contribution < 1.29 is 0 Å². The van der Waals surface area contributed by atoms with Crippen LogP contribution in [0.25, 0.3) is 0 Å². The molecule has 0 bridgehead atoms. The Morgan fingerprint density at radius 2 is 2.00 bits per heavy atom. The van der Waals surface area contributed by atoms with E-state index >= 15 is 0 Å². The Morgan fingerprint density at radius 3 is 2.62 bits per heavy atom. The zero-order valence-corrected chi connectivity index (χ0v) is 10.0. The lowest BCUT2D eigenvalue weighted by Gasteiger charge is -2.34. The van der Waals surface area contributed by atoms with E-state index in [-0.39, 0.29) is 0 Å². The van der Waals surface area contributed by atoms with Crippen LogP contribution in [0.15, 0.2) is 12.4 Å². The number of rotatable bonds is 2. The van der Waals surface area contributed by atoms with Crippen molar-refractivity contribution in [3.63, 3.8) is 0 Å². The van der Waals surface area contributed by atoms with Gasteiger partial charge in [-0.25, -0.2) is 4.98 Å². The van der Waals surface area contributed by atoms with Crippen LogP contribution < -0.4 is 11.1 Å². The molecule has 4 nitrogen and oxygen atoms in total. The third-order valence-corrected chi connectivity index (χ3v) is 3.34. The molecule has 0 unspecified atom stereocenters. The third-order valence-electron chi connectivity index (χ3n) is 3.34. The predicted molar refractivity (Wildman–Crippen MR) is 66.1 cm³/mol. The molecule has 1 heterocycles. The van der Waals surface area contributed by atoms with E-state index in [2.05, 4.69) is 29.1 Å². The first-order chi connectivity index (χ1) is 7.55. The maximum absolute atomic E-state index is 5.59. The molecular weight excluding hydrogens is 200 g/mol. The highest BCUT2D eigenvalue weighted by Gasteiger charge is 2.26. The number of aromatic nitrogens is 2. The number of hydrogen-bond acceptors (Lipinski definition) is 4. The van der Waals surface area contributed by atoms with Crippen molar-refractivity contribution >= 4 is 11.6 Å². The van der Waals surface area contributed by atoms with Crippen molar-refractivity contribution in [1.82, 2.24) is 9.97 Å². The van der Waals surface area contributed by atoms with Crippen LogP contribution in [0.1, 0.15) is 39.5 Å². The number of nitrogens with two attached hydrogens (primary N) is 1. The topological polar surface area (TPSA) is 63.8 Å². The second kappa shape index (κ2) is 4.28. The van der Waals surface area contributed by atoms with Gasteiger partial charge in [-0.3, -0.25) is 4.98 Å². The van der Waals surface area contributed by atoms with Crippen molar-refractivity contribution in [2.45, 2.75) is 45.6 Å². The second-order valence-electron chi connectivity index (χ2n) is 5.41. The Hall–Kier alpha value is -1.32. The summed E-state index contributed by atoms with van der Waals surface area (Å²) in [5, 5.41) is 3.41. The molecule has 16 heavy (non-hydrogen) atoms. The average molecular weight is 220 g/mol. The van der Waals surface area contributed by atoms with Gasteiger partial charge in [0.1, 0.15) is 11.6 Å². The first-order valence-electron chi connectivity index (χ1n) is 5.89. The average Bonchev–Trinajstić information content (AvgIpc) is 2.21. The summed E-state index contributed by atoms with van der Waals surface area (Å²) in [6, 6.07) is 0.518.